The van der Waals surface area contributed by atoms with E-state index in [1.54, 1.807) is 0 Å². The highest BCUT2D eigenvalue weighted by molar-refractivity contribution is 6.31. The van der Waals surface area contributed by atoms with E-state index in [9.17, 15) is 19.1 Å². The van der Waals surface area contributed by atoms with E-state index in [4.69, 9.17) is 11.6 Å². The lowest BCUT2D eigenvalue weighted by Crippen LogP contribution is -2.04. The summed E-state index contributed by atoms with van der Waals surface area (Å²) in [4.78, 5) is 22.8. The predicted molar refractivity (Wildman–Crippen MR) is 75.1 cm³/mol. The number of ether oxygens (including phenoxy) is 1. The van der Waals surface area contributed by atoms with Gasteiger partial charge in [0, 0.05) is 5.02 Å². The van der Waals surface area contributed by atoms with Gasteiger partial charge in [0.2, 0.25) is 0 Å². The average molecular weight is 309 g/mol. The zero-order chi connectivity index (χ0) is 15.6. The molecule has 0 aliphatic carbocycles. The molecule has 1 N–H and O–H groups in total. The van der Waals surface area contributed by atoms with Crippen LogP contribution in [0.4, 0.5) is 4.39 Å². The molecular weight excluding hydrogens is 299 g/mol. The van der Waals surface area contributed by atoms with Crippen molar-refractivity contribution in [3.8, 4) is 11.1 Å². The first-order valence-electron chi connectivity index (χ1n) is 5.84. The van der Waals surface area contributed by atoms with E-state index in [-0.39, 0.29) is 27.3 Å². The molecular formula is C15H10ClFO4. The van der Waals surface area contributed by atoms with Gasteiger partial charge in [0.15, 0.2) is 0 Å². The van der Waals surface area contributed by atoms with Crippen LogP contribution in [0.5, 0.6) is 0 Å². The van der Waals surface area contributed by atoms with Crippen molar-refractivity contribution in [2.75, 3.05) is 7.11 Å². The molecule has 0 fully saturated rings. The molecule has 2 aromatic rings. The van der Waals surface area contributed by atoms with Crippen molar-refractivity contribution < 1.29 is 23.8 Å². The minimum atomic E-state index is -1.20. The van der Waals surface area contributed by atoms with Crippen molar-refractivity contribution in [1.82, 2.24) is 0 Å². The lowest BCUT2D eigenvalue weighted by Gasteiger charge is -2.09. The number of aromatic carboxylic acids is 1. The molecule has 0 bridgehead atoms. The summed E-state index contributed by atoms with van der Waals surface area (Å²) in [5.74, 6) is -2.57. The van der Waals surface area contributed by atoms with Crippen molar-refractivity contribution in [3.05, 3.63) is 58.4 Å². The maximum Gasteiger partial charge on any atom is 0.337 e. The summed E-state index contributed by atoms with van der Waals surface area (Å²) in [7, 11) is 1.18. The van der Waals surface area contributed by atoms with Gasteiger partial charge in [0.05, 0.1) is 18.2 Å². The van der Waals surface area contributed by atoms with Crippen molar-refractivity contribution in [2.24, 2.45) is 0 Å². The summed E-state index contributed by atoms with van der Waals surface area (Å²) in [6.45, 7) is 0. The SMILES string of the molecule is COC(=O)c1cc(F)cc(-c2ccc(Cl)cc2C(=O)O)c1. The standard InChI is InChI=1S/C15H10ClFO4/c1-21-15(20)9-4-8(5-11(17)6-9)12-3-2-10(16)7-13(12)14(18)19/h2-7H,1H3,(H,18,19). The van der Waals surface area contributed by atoms with E-state index in [2.05, 4.69) is 4.74 Å². The first kappa shape index (κ1) is 15.0. The Morgan fingerprint density at radius 3 is 2.52 bits per heavy atom. The molecule has 0 saturated carbocycles. The van der Waals surface area contributed by atoms with Crippen LogP contribution in [-0.2, 0) is 4.74 Å². The number of carboxylic acid groups (broad SMARTS) is 1. The Morgan fingerprint density at radius 1 is 1.19 bits per heavy atom. The first-order chi connectivity index (χ1) is 9.92. The Balaban J connectivity index is 2.64. The van der Waals surface area contributed by atoms with Crippen LogP contribution in [0, 0.1) is 5.82 Å². The number of benzene rings is 2. The summed E-state index contributed by atoms with van der Waals surface area (Å²) >= 11 is 5.77. The van der Waals surface area contributed by atoms with Crippen molar-refractivity contribution in [1.29, 1.82) is 0 Å². The molecule has 2 rings (SSSR count). The molecule has 0 amide bonds. The van der Waals surface area contributed by atoms with Crippen LogP contribution < -0.4 is 0 Å². The Kier molecular flexibility index (Phi) is 4.23. The Bertz CT molecular complexity index is 728. The van der Waals surface area contributed by atoms with Crippen LogP contribution in [0.15, 0.2) is 36.4 Å². The molecule has 21 heavy (non-hydrogen) atoms. The van der Waals surface area contributed by atoms with Gasteiger partial charge in [-0.05, 0) is 41.5 Å². The van der Waals surface area contributed by atoms with Crippen molar-refractivity contribution in [2.45, 2.75) is 0 Å². The molecule has 2 aromatic carbocycles. The second kappa shape index (κ2) is 5.93. The molecule has 0 aliphatic heterocycles. The zero-order valence-corrected chi connectivity index (χ0v) is 11.6. The van der Waals surface area contributed by atoms with Crippen LogP contribution >= 0.6 is 11.6 Å². The van der Waals surface area contributed by atoms with Gasteiger partial charge >= 0.3 is 11.9 Å². The molecule has 0 aromatic heterocycles. The topological polar surface area (TPSA) is 63.6 Å². The van der Waals surface area contributed by atoms with Gasteiger partial charge in [-0.25, -0.2) is 14.0 Å². The monoisotopic (exact) mass is 308 g/mol. The smallest absolute Gasteiger partial charge is 0.337 e. The fraction of sp³-hybridized carbons (Fsp3) is 0.0667. The van der Waals surface area contributed by atoms with Crippen molar-refractivity contribution in [3.63, 3.8) is 0 Å². The summed E-state index contributed by atoms with van der Waals surface area (Å²) in [6.07, 6.45) is 0. The first-order valence-corrected chi connectivity index (χ1v) is 6.22. The van der Waals surface area contributed by atoms with Gasteiger partial charge in [-0.15, -0.1) is 0 Å². The highest BCUT2D eigenvalue weighted by Crippen LogP contribution is 2.28. The highest BCUT2D eigenvalue weighted by Gasteiger charge is 2.16. The molecule has 0 heterocycles. The van der Waals surface area contributed by atoms with Crippen LogP contribution in [0.3, 0.4) is 0 Å². The maximum atomic E-state index is 13.6. The Morgan fingerprint density at radius 2 is 1.90 bits per heavy atom. The summed E-state index contributed by atoms with van der Waals surface area (Å²) in [5.41, 5.74) is 0.434. The van der Waals surface area contributed by atoms with E-state index in [0.29, 0.717) is 0 Å². The third-order valence-corrected chi connectivity index (χ3v) is 3.08. The van der Waals surface area contributed by atoms with Crippen molar-refractivity contribution >= 4 is 23.5 Å². The lowest BCUT2D eigenvalue weighted by molar-refractivity contribution is 0.0599. The summed E-state index contributed by atoms with van der Waals surface area (Å²) in [5, 5.41) is 9.45. The van der Waals surface area contributed by atoms with Crippen LogP contribution in [0.2, 0.25) is 5.02 Å². The number of carbonyl (C=O) groups excluding carboxylic acids is 1. The minimum absolute atomic E-state index is 0.00112. The molecule has 6 heteroatoms. The van der Waals surface area contributed by atoms with Gasteiger partial charge in [0.1, 0.15) is 5.82 Å². The molecule has 0 radical (unpaired) electrons. The minimum Gasteiger partial charge on any atom is -0.478 e. The molecule has 108 valence electrons. The van der Waals surface area contributed by atoms with E-state index >= 15 is 0 Å². The summed E-state index contributed by atoms with van der Waals surface area (Å²) in [6, 6.07) is 7.74. The van der Waals surface area contributed by atoms with E-state index in [0.717, 1.165) is 12.1 Å². The number of rotatable bonds is 3. The molecule has 0 atom stereocenters. The van der Waals surface area contributed by atoms with Crippen LogP contribution in [0.1, 0.15) is 20.7 Å². The number of methoxy groups -OCH3 is 1. The predicted octanol–water partition coefficient (Wildman–Crippen LogP) is 3.63. The number of hydrogen-bond donors (Lipinski definition) is 1. The van der Waals surface area contributed by atoms with E-state index in [1.165, 1.54) is 31.4 Å². The molecule has 0 unspecified atom stereocenters. The number of hydrogen-bond acceptors (Lipinski definition) is 3. The lowest BCUT2D eigenvalue weighted by atomic mass is 9.98. The van der Waals surface area contributed by atoms with Gasteiger partial charge < -0.3 is 9.84 Å². The van der Waals surface area contributed by atoms with E-state index < -0.39 is 17.8 Å². The average Bonchev–Trinajstić information content (AvgIpc) is 2.45. The number of halogens is 2. The maximum absolute atomic E-state index is 13.6. The fourth-order valence-electron chi connectivity index (χ4n) is 1.93. The quantitative estimate of drug-likeness (QED) is 0.879. The second-order valence-electron chi connectivity index (χ2n) is 4.22. The molecule has 0 saturated heterocycles. The fourth-order valence-corrected chi connectivity index (χ4v) is 2.10. The number of carboxylic acids is 1. The van der Waals surface area contributed by atoms with Gasteiger partial charge in [-0.3, -0.25) is 0 Å². The Labute approximate surface area is 124 Å². The third-order valence-electron chi connectivity index (χ3n) is 2.84. The normalized spacial score (nSPS) is 10.2. The third kappa shape index (κ3) is 3.20. The van der Waals surface area contributed by atoms with E-state index in [1.807, 2.05) is 0 Å². The van der Waals surface area contributed by atoms with Crippen LogP contribution in [-0.4, -0.2) is 24.2 Å². The number of esters is 1. The second-order valence-corrected chi connectivity index (χ2v) is 4.65. The highest BCUT2D eigenvalue weighted by atomic mass is 35.5. The largest absolute Gasteiger partial charge is 0.478 e. The number of carbonyl (C=O) groups is 2. The molecule has 0 aliphatic rings. The summed E-state index contributed by atoms with van der Waals surface area (Å²) < 4.78 is 18.2. The molecule has 0 spiro atoms. The van der Waals surface area contributed by atoms with Gasteiger partial charge in [-0.1, -0.05) is 17.7 Å². The van der Waals surface area contributed by atoms with Crippen LogP contribution in [0.25, 0.3) is 11.1 Å². The van der Waals surface area contributed by atoms with Gasteiger partial charge in [0.25, 0.3) is 0 Å². The Hall–Kier alpha value is -2.40. The van der Waals surface area contributed by atoms with Gasteiger partial charge in [-0.2, -0.15) is 0 Å². The molecule has 4 nitrogen and oxygen atoms in total. The zero-order valence-electron chi connectivity index (χ0n) is 10.9.